The van der Waals surface area contributed by atoms with E-state index in [0.29, 0.717) is 11.5 Å². The Bertz CT molecular complexity index is 259. The van der Waals surface area contributed by atoms with Crippen LogP contribution in [-0.2, 0) is 0 Å². The molecule has 2 rings (SSSR count). The van der Waals surface area contributed by atoms with Gasteiger partial charge < -0.3 is 10.2 Å². The second-order valence-corrected chi connectivity index (χ2v) is 6.54. The quantitative estimate of drug-likeness (QED) is 0.723. The molecule has 2 aliphatic rings. The van der Waals surface area contributed by atoms with Crippen molar-refractivity contribution in [1.82, 2.24) is 10.2 Å². The van der Waals surface area contributed by atoms with Crippen molar-refractivity contribution in [2.45, 2.75) is 64.8 Å². The average molecular weight is 254 g/mol. The van der Waals surface area contributed by atoms with Crippen LogP contribution in [-0.4, -0.2) is 29.1 Å². The third kappa shape index (κ3) is 3.34. The molecule has 1 aliphatic heterocycles. The first-order valence-corrected chi connectivity index (χ1v) is 7.58. The van der Waals surface area contributed by atoms with Crippen molar-refractivity contribution in [2.75, 3.05) is 13.1 Å². The summed E-state index contributed by atoms with van der Waals surface area (Å²) in [5, 5.41) is 4.32. The fourth-order valence-corrected chi connectivity index (χ4v) is 3.74. The molecule has 1 saturated heterocycles. The highest BCUT2D eigenvalue weighted by Crippen LogP contribution is 2.44. The van der Waals surface area contributed by atoms with Crippen molar-refractivity contribution in [3.8, 4) is 0 Å². The lowest BCUT2D eigenvalue weighted by Crippen LogP contribution is -2.49. The molecule has 98 valence electrons. The Labute approximate surface area is 111 Å². The van der Waals surface area contributed by atoms with E-state index in [4.69, 9.17) is 12.2 Å². The molecule has 1 heterocycles. The van der Waals surface area contributed by atoms with Crippen LogP contribution in [0.15, 0.2) is 0 Å². The van der Waals surface area contributed by atoms with Gasteiger partial charge in [-0.3, -0.25) is 0 Å². The monoisotopic (exact) mass is 254 g/mol. The van der Waals surface area contributed by atoms with E-state index in [1.54, 1.807) is 0 Å². The predicted molar refractivity (Wildman–Crippen MR) is 77.2 cm³/mol. The van der Waals surface area contributed by atoms with Gasteiger partial charge in [0.05, 0.1) is 0 Å². The van der Waals surface area contributed by atoms with Gasteiger partial charge in [0, 0.05) is 19.1 Å². The summed E-state index contributed by atoms with van der Waals surface area (Å²) >= 11 is 5.45. The van der Waals surface area contributed by atoms with Crippen molar-refractivity contribution >= 4 is 17.3 Å². The predicted octanol–water partition coefficient (Wildman–Crippen LogP) is 3.32. The van der Waals surface area contributed by atoms with Gasteiger partial charge in [0.2, 0.25) is 0 Å². The fourth-order valence-electron chi connectivity index (χ4n) is 3.32. The van der Waals surface area contributed by atoms with Crippen molar-refractivity contribution in [1.29, 1.82) is 0 Å². The Morgan fingerprint density at radius 1 is 1.06 bits per heavy atom. The van der Waals surface area contributed by atoms with Crippen LogP contribution in [0.2, 0.25) is 0 Å². The van der Waals surface area contributed by atoms with Gasteiger partial charge in [0.1, 0.15) is 0 Å². The normalized spacial score (nSPS) is 24.1. The molecular formula is C14H26N2S. The highest BCUT2D eigenvalue weighted by Gasteiger charge is 2.35. The third-order valence-corrected chi connectivity index (χ3v) is 4.81. The van der Waals surface area contributed by atoms with Gasteiger partial charge in [-0.25, -0.2) is 0 Å². The molecular weight excluding hydrogens is 228 g/mol. The molecule has 0 bridgehead atoms. The van der Waals surface area contributed by atoms with E-state index in [2.05, 4.69) is 24.1 Å². The zero-order valence-corrected chi connectivity index (χ0v) is 12.1. The van der Waals surface area contributed by atoms with Gasteiger partial charge in [-0.15, -0.1) is 0 Å². The molecule has 2 fully saturated rings. The Kier molecular flexibility index (Phi) is 4.29. The van der Waals surface area contributed by atoms with E-state index in [-0.39, 0.29) is 0 Å². The SMILES string of the molecule is CC(C)NC(=S)N1CCC2(CCCCC2)CC1. The minimum Gasteiger partial charge on any atom is -0.360 e. The molecule has 3 heteroatoms. The Morgan fingerprint density at radius 2 is 1.65 bits per heavy atom. The third-order valence-electron chi connectivity index (χ3n) is 4.44. The lowest BCUT2D eigenvalue weighted by molar-refractivity contribution is 0.0972. The van der Waals surface area contributed by atoms with Gasteiger partial charge in [0.15, 0.2) is 5.11 Å². The topological polar surface area (TPSA) is 15.3 Å². The first-order valence-electron chi connectivity index (χ1n) is 7.17. The first kappa shape index (κ1) is 13.1. The summed E-state index contributed by atoms with van der Waals surface area (Å²) in [6, 6.07) is 0.452. The maximum absolute atomic E-state index is 5.45. The van der Waals surface area contributed by atoms with E-state index in [0.717, 1.165) is 5.11 Å². The molecule has 0 aromatic heterocycles. The maximum Gasteiger partial charge on any atom is 0.169 e. The van der Waals surface area contributed by atoms with Crippen LogP contribution in [0.3, 0.4) is 0 Å². The summed E-state index contributed by atoms with van der Waals surface area (Å²) in [5.74, 6) is 0. The van der Waals surface area contributed by atoms with E-state index >= 15 is 0 Å². The lowest BCUT2D eigenvalue weighted by Gasteiger charge is -2.45. The zero-order valence-electron chi connectivity index (χ0n) is 11.3. The second-order valence-electron chi connectivity index (χ2n) is 6.15. The molecule has 1 saturated carbocycles. The summed E-state index contributed by atoms with van der Waals surface area (Å²) in [6.45, 7) is 6.63. The fraction of sp³-hybridized carbons (Fsp3) is 0.929. The standard InChI is InChI=1S/C14H26N2S/c1-12(2)15-13(17)16-10-8-14(9-11-16)6-4-3-5-7-14/h12H,3-11H2,1-2H3,(H,15,17). The molecule has 17 heavy (non-hydrogen) atoms. The second kappa shape index (κ2) is 5.55. The number of rotatable bonds is 1. The summed E-state index contributed by atoms with van der Waals surface area (Å²) in [6.07, 6.45) is 10.00. The van der Waals surface area contributed by atoms with Crippen LogP contribution in [0.5, 0.6) is 0 Å². The highest BCUT2D eigenvalue weighted by molar-refractivity contribution is 7.80. The number of nitrogens with zero attached hydrogens (tertiary/aromatic N) is 1. The number of hydrogen-bond donors (Lipinski definition) is 1. The summed E-state index contributed by atoms with van der Waals surface area (Å²) in [7, 11) is 0. The van der Waals surface area contributed by atoms with Crippen LogP contribution in [0, 0.1) is 5.41 Å². The van der Waals surface area contributed by atoms with Crippen molar-refractivity contribution in [3.05, 3.63) is 0 Å². The van der Waals surface area contributed by atoms with E-state index in [1.807, 2.05) is 0 Å². The van der Waals surface area contributed by atoms with Crippen LogP contribution < -0.4 is 5.32 Å². The minimum atomic E-state index is 0.452. The molecule has 0 aromatic carbocycles. The van der Waals surface area contributed by atoms with Crippen LogP contribution in [0.25, 0.3) is 0 Å². The molecule has 1 spiro atoms. The van der Waals surface area contributed by atoms with Crippen LogP contribution >= 0.6 is 12.2 Å². The van der Waals surface area contributed by atoms with Crippen molar-refractivity contribution < 1.29 is 0 Å². The maximum atomic E-state index is 5.45. The van der Waals surface area contributed by atoms with Crippen LogP contribution in [0.4, 0.5) is 0 Å². The molecule has 0 unspecified atom stereocenters. The highest BCUT2D eigenvalue weighted by atomic mass is 32.1. The lowest BCUT2D eigenvalue weighted by atomic mass is 9.68. The number of hydrogen-bond acceptors (Lipinski definition) is 1. The Hall–Kier alpha value is -0.310. The first-order chi connectivity index (χ1) is 8.11. The van der Waals surface area contributed by atoms with Gasteiger partial charge in [-0.1, -0.05) is 19.3 Å². The van der Waals surface area contributed by atoms with Crippen molar-refractivity contribution in [3.63, 3.8) is 0 Å². The molecule has 0 radical (unpaired) electrons. The number of thiocarbonyl (C=S) groups is 1. The average Bonchev–Trinajstić information content (AvgIpc) is 2.30. The summed E-state index contributed by atoms with van der Waals surface area (Å²) < 4.78 is 0. The molecule has 0 amide bonds. The Balaban J connectivity index is 1.82. The summed E-state index contributed by atoms with van der Waals surface area (Å²) in [5.41, 5.74) is 0.683. The van der Waals surface area contributed by atoms with Gasteiger partial charge in [0.25, 0.3) is 0 Å². The molecule has 0 atom stereocenters. The number of piperidine rings is 1. The van der Waals surface area contributed by atoms with Gasteiger partial charge >= 0.3 is 0 Å². The molecule has 1 aliphatic carbocycles. The zero-order chi connectivity index (χ0) is 12.3. The minimum absolute atomic E-state index is 0.452. The van der Waals surface area contributed by atoms with E-state index in [1.165, 1.54) is 58.0 Å². The number of likely N-dealkylation sites (tertiary alicyclic amines) is 1. The van der Waals surface area contributed by atoms with Crippen molar-refractivity contribution in [2.24, 2.45) is 5.41 Å². The summed E-state index contributed by atoms with van der Waals surface area (Å²) in [4.78, 5) is 2.37. The van der Waals surface area contributed by atoms with Crippen LogP contribution in [0.1, 0.15) is 58.8 Å². The largest absolute Gasteiger partial charge is 0.360 e. The molecule has 1 N–H and O–H groups in total. The van der Waals surface area contributed by atoms with Gasteiger partial charge in [-0.05, 0) is 57.2 Å². The van der Waals surface area contributed by atoms with E-state index < -0.39 is 0 Å². The van der Waals surface area contributed by atoms with E-state index in [9.17, 15) is 0 Å². The van der Waals surface area contributed by atoms with Gasteiger partial charge in [-0.2, -0.15) is 0 Å². The molecule has 2 nitrogen and oxygen atoms in total. The Morgan fingerprint density at radius 3 is 2.18 bits per heavy atom. The number of nitrogens with one attached hydrogen (secondary N) is 1. The molecule has 0 aromatic rings. The smallest absolute Gasteiger partial charge is 0.169 e.